The fourth-order valence-electron chi connectivity index (χ4n) is 2.81. The van der Waals surface area contributed by atoms with Crippen molar-refractivity contribution in [3.63, 3.8) is 0 Å². The summed E-state index contributed by atoms with van der Waals surface area (Å²) in [6.45, 7) is 2.12. The predicted molar refractivity (Wildman–Crippen MR) is 71.4 cm³/mol. The minimum Gasteiger partial charge on any atom is -0.303 e. The van der Waals surface area contributed by atoms with Gasteiger partial charge in [-0.1, -0.05) is 50.5 Å². The van der Waals surface area contributed by atoms with Crippen LogP contribution in [0.25, 0.3) is 0 Å². The highest BCUT2D eigenvalue weighted by molar-refractivity contribution is 5.51. The van der Waals surface area contributed by atoms with Crippen LogP contribution in [0.4, 0.5) is 0 Å². The van der Waals surface area contributed by atoms with Crippen molar-refractivity contribution < 1.29 is 4.79 Å². The standard InChI is InChI=1S/C16H22O/c1-13(11-12-17)14-7-9-16(10-8-14)15-5-3-2-4-6-15/h7-10,12-13,15H,2-6,11H2,1H3. The molecule has 1 aromatic carbocycles. The van der Waals surface area contributed by atoms with Gasteiger partial charge in [0.15, 0.2) is 0 Å². The monoisotopic (exact) mass is 230 g/mol. The largest absolute Gasteiger partial charge is 0.303 e. The summed E-state index contributed by atoms with van der Waals surface area (Å²) < 4.78 is 0. The van der Waals surface area contributed by atoms with Crippen LogP contribution in [0.3, 0.4) is 0 Å². The van der Waals surface area contributed by atoms with Crippen LogP contribution in [-0.2, 0) is 4.79 Å². The van der Waals surface area contributed by atoms with Gasteiger partial charge in [-0.2, -0.15) is 0 Å². The molecule has 1 aromatic rings. The first-order chi connectivity index (χ1) is 8.31. The number of benzene rings is 1. The number of hydrogen-bond donors (Lipinski definition) is 0. The van der Waals surface area contributed by atoms with Crippen molar-refractivity contribution in [1.82, 2.24) is 0 Å². The summed E-state index contributed by atoms with van der Waals surface area (Å²) in [5.41, 5.74) is 2.78. The molecule has 0 spiro atoms. The molecule has 0 heterocycles. The Balaban J connectivity index is 2.03. The predicted octanol–water partition coefficient (Wildman–Crippen LogP) is 4.43. The fraction of sp³-hybridized carbons (Fsp3) is 0.562. The normalized spacial score (nSPS) is 18.9. The van der Waals surface area contributed by atoms with Gasteiger partial charge in [0.25, 0.3) is 0 Å². The highest BCUT2D eigenvalue weighted by Gasteiger charge is 2.15. The van der Waals surface area contributed by atoms with Crippen molar-refractivity contribution in [2.24, 2.45) is 0 Å². The van der Waals surface area contributed by atoms with Crippen molar-refractivity contribution in [3.8, 4) is 0 Å². The zero-order valence-electron chi connectivity index (χ0n) is 10.7. The lowest BCUT2D eigenvalue weighted by atomic mass is 9.83. The molecule has 1 fully saturated rings. The van der Waals surface area contributed by atoms with Gasteiger partial charge >= 0.3 is 0 Å². The molecule has 1 unspecified atom stereocenters. The molecule has 0 saturated heterocycles. The minimum atomic E-state index is 0.355. The number of aldehydes is 1. The van der Waals surface area contributed by atoms with Crippen LogP contribution in [0, 0.1) is 0 Å². The Labute approximate surface area is 104 Å². The van der Waals surface area contributed by atoms with Crippen molar-refractivity contribution in [2.75, 3.05) is 0 Å². The van der Waals surface area contributed by atoms with Gasteiger partial charge < -0.3 is 4.79 Å². The lowest BCUT2D eigenvalue weighted by Gasteiger charge is -2.22. The number of carbonyl (C=O) groups excluding carboxylic acids is 1. The first-order valence-electron chi connectivity index (χ1n) is 6.84. The molecule has 92 valence electrons. The molecule has 0 bridgehead atoms. The molecular formula is C16H22O. The van der Waals surface area contributed by atoms with Crippen molar-refractivity contribution in [3.05, 3.63) is 35.4 Å². The molecule has 0 aliphatic heterocycles. The summed E-state index contributed by atoms with van der Waals surface area (Å²) in [6, 6.07) is 8.95. The van der Waals surface area contributed by atoms with Gasteiger partial charge in [0, 0.05) is 6.42 Å². The van der Waals surface area contributed by atoms with Crippen molar-refractivity contribution in [1.29, 1.82) is 0 Å². The van der Waals surface area contributed by atoms with E-state index in [4.69, 9.17) is 0 Å². The van der Waals surface area contributed by atoms with E-state index in [1.807, 2.05) is 0 Å². The Kier molecular flexibility index (Phi) is 4.36. The van der Waals surface area contributed by atoms with E-state index in [2.05, 4.69) is 31.2 Å². The maximum absolute atomic E-state index is 10.5. The lowest BCUT2D eigenvalue weighted by Crippen LogP contribution is -2.04. The summed E-state index contributed by atoms with van der Waals surface area (Å²) in [7, 11) is 0. The van der Waals surface area contributed by atoms with Gasteiger partial charge in [-0.15, -0.1) is 0 Å². The summed E-state index contributed by atoms with van der Waals surface area (Å²) in [4.78, 5) is 10.5. The van der Waals surface area contributed by atoms with Gasteiger partial charge in [-0.05, 0) is 35.8 Å². The molecule has 1 heteroatoms. The van der Waals surface area contributed by atoms with E-state index < -0.39 is 0 Å². The highest BCUT2D eigenvalue weighted by Crippen LogP contribution is 2.33. The zero-order valence-corrected chi connectivity index (χ0v) is 10.7. The fourth-order valence-corrected chi connectivity index (χ4v) is 2.81. The van der Waals surface area contributed by atoms with Gasteiger partial charge in [0.1, 0.15) is 6.29 Å². The molecule has 1 atom stereocenters. The maximum Gasteiger partial charge on any atom is 0.120 e. The second-order valence-electron chi connectivity index (χ2n) is 5.31. The van der Waals surface area contributed by atoms with Crippen LogP contribution in [0.15, 0.2) is 24.3 Å². The van der Waals surface area contributed by atoms with Gasteiger partial charge in [-0.25, -0.2) is 0 Å². The zero-order chi connectivity index (χ0) is 12.1. The van der Waals surface area contributed by atoms with Gasteiger partial charge in [-0.3, -0.25) is 0 Å². The number of rotatable bonds is 4. The van der Waals surface area contributed by atoms with Crippen molar-refractivity contribution in [2.45, 2.75) is 57.3 Å². The van der Waals surface area contributed by atoms with E-state index in [1.165, 1.54) is 43.2 Å². The Bertz CT molecular complexity index is 346. The van der Waals surface area contributed by atoms with Crippen LogP contribution in [0.1, 0.15) is 68.4 Å². The topological polar surface area (TPSA) is 17.1 Å². The first-order valence-corrected chi connectivity index (χ1v) is 6.84. The molecular weight excluding hydrogens is 208 g/mol. The molecule has 0 N–H and O–H groups in total. The quantitative estimate of drug-likeness (QED) is 0.699. The Hall–Kier alpha value is -1.11. The molecule has 1 saturated carbocycles. The van der Waals surface area contributed by atoms with Crippen LogP contribution in [0.5, 0.6) is 0 Å². The highest BCUT2D eigenvalue weighted by atomic mass is 16.1. The number of hydrogen-bond acceptors (Lipinski definition) is 1. The van der Waals surface area contributed by atoms with E-state index in [-0.39, 0.29) is 0 Å². The van der Waals surface area contributed by atoms with Crippen molar-refractivity contribution >= 4 is 6.29 Å². The van der Waals surface area contributed by atoms with Gasteiger partial charge in [0.05, 0.1) is 0 Å². The smallest absolute Gasteiger partial charge is 0.120 e. The number of carbonyl (C=O) groups is 1. The average molecular weight is 230 g/mol. The molecule has 0 radical (unpaired) electrons. The summed E-state index contributed by atoms with van der Waals surface area (Å²) >= 11 is 0. The SMILES string of the molecule is CC(CC=O)c1ccc(C2CCCCC2)cc1. The Morgan fingerprint density at radius 1 is 1.18 bits per heavy atom. The third kappa shape index (κ3) is 3.18. The van der Waals surface area contributed by atoms with Crippen LogP contribution in [-0.4, -0.2) is 6.29 Å². The molecule has 1 aliphatic rings. The second-order valence-corrected chi connectivity index (χ2v) is 5.31. The molecule has 0 aromatic heterocycles. The van der Waals surface area contributed by atoms with E-state index in [0.29, 0.717) is 12.3 Å². The minimum absolute atomic E-state index is 0.355. The lowest BCUT2D eigenvalue weighted by molar-refractivity contribution is -0.108. The van der Waals surface area contributed by atoms with Gasteiger partial charge in [0.2, 0.25) is 0 Å². The summed E-state index contributed by atoms with van der Waals surface area (Å²) in [6.07, 6.45) is 8.52. The maximum atomic E-state index is 10.5. The third-order valence-corrected chi connectivity index (χ3v) is 4.03. The van der Waals surface area contributed by atoms with Crippen LogP contribution >= 0.6 is 0 Å². The Morgan fingerprint density at radius 3 is 2.41 bits per heavy atom. The second kappa shape index (κ2) is 6.00. The van der Waals surface area contributed by atoms with Crippen LogP contribution < -0.4 is 0 Å². The molecule has 17 heavy (non-hydrogen) atoms. The van der Waals surface area contributed by atoms with E-state index in [9.17, 15) is 4.79 Å². The third-order valence-electron chi connectivity index (χ3n) is 4.03. The average Bonchev–Trinajstić information content (AvgIpc) is 2.40. The van der Waals surface area contributed by atoms with Crippen LogP contribution in [0.2, 0.25) is 0 Å². The molecule has 2 rings (SSSR count). The molecule has 1 nitrogen and oxygen atoms in total. The Morgan fingerprint density at radius 2 is 1.82 bits per heavy atom. The molecule has 1 aliphatic carbocycles. The van der Waals surface area contributed by atoms with E-state index in [0.717, 1.165) is 12.2 Å². The van der Waals surface area contributed by atoms with E-state index >= 15 is 0 Å². The first kappa shape index (κ1) is 12.3. The van der Waals surface area contributed by atoms with E-state index in [1.54, 1.807) is 0 Å². The molecule has 0 amide bonds. The summed E-state index contributed by atoms with van der Waals surface area (Å²) in [5.74, 6) is 1.13. The summed E-state index contributed by atoms with van der Waals surface area (Å²) in [5, 5.41) is 0.